The van der Waals surface area contributed by atoms with Crippen LogP contribution < -0.4 is 4.72 Å². The van der Waals surface area contributed by atoms with Crippen LogP contribution in [-0.4, -0.2) is 19.5 Å². The van der Waals surface area contributed by atoms with Crippen LogP contribution in [0.5, 0.6) is 0 Å². The second-order valence-corrected chi connectivity index (χ2v) is 8.22. The predicted octanol–water partition coefficient (Wildman–Crippen LogP) is 4.32. The highest BCUT2D eigenvalue weighted by molar-refractivity contribution is 9.10. The van der Waals surface area contributed by atoms with Crippen molar-refractivity contribution in [3.63, 3.8) is 0 Å². The van der Waals surface area contributed by atoms with Gasteiger partial charge in [0.05, 0.1) is 21.3 Å². The van der Waals surface area contributed by atoms with Crippen molar-refractivity contribution in [2.24, 2.45) is 0 Å². The van der Waals surface area contributed by atoms with E-state index >= 15 is 0 Å². The van der Waals surface area contributed by atoms with Crippen LogP contribution in [-0.2, 0) is 10.0 Å². The third-order valence-corrected chi connectivity index (χ3v) is 6.94. The van der Waals surface area contributed by atoms with E-state index in [0.29, 0.717) is 4.47 Å². The van der Waals surface area contributed by atoms with Gasteiger partial charge in [0.1, 0.15) is 4.21 Å². The fraction of sp³-hybridized carbons (Fsp3) is 0. The van der Waals surface area contributed by atoms with E-state index in [2.05, 4.69) is 20.7 Å². The van der Waals surface area contributed by atoms with Crippen LogP contribution in [0.2, 0.25) is 10.0 Å². The van der Waals surface area contributed by atoms with Gasteiger partial charge in [-0.05, 0) is 34.1 Å². The molecular weight excluding hydrogens is 425 g/mol. The molecule has 1 aromatic carbocycles. The summed E-state index contributed by atoms with van der Waals surface area (Å²) in [6.45, 7) is 0. The minimum absolute atomic E-state index is 0.0460. The van der Waals surface area contributed by atoms with Crippen LogP contribution in [0.3, 0.4) is 0 Å². The van der Waals surface area contributed by atoms with Crippen molar-refractivity contribution in [3.05, 3.63) is 43.7 Å². The minimum Gasteiger partial charge on any atom is -0.478 e. The number of carboxylic acid groups (broad SMARTS) is 1. The number of sulfonamides is 1. The largest absolute Gasteiger partial charge is 0.478 e. The Morgan fingerprint density at radius 3 is 2.52 bits per heavy atom. The van der Waals surface area contributed by atoms with Crippen LogP contribution in [0.4, 0.5) is 5.69 Å². The standard InChI is InChI=1S/C11H6BrCl2NO4S2/c12-6-1-2-7(10(14)9(6)13)15-21(18,19)8-3-5(4-20-8)11(16)17/h1-4,15H,(H,16,17). The average molecular weight is 431 g/mol. The zero-order chi connectivity index (χ0) is 15.8. The van der Waals surface area contributed by atoms with Gasteiger partial charge in [-0.25, -0.2) is 13.2 Å². The average Bonchev–Trinajstić information content (AvgIpc) is 2.90. The van der Waals surface area contributed by atoms with Crippen molar-refractivity contribution < 1.29 is 18.3 Å². The SMILES string of the molecule is O=C(O)c1csc(S(=O)(=O)Nc2ccc(Br)c(Cl)c2Cl)c1. The summed E-state index contributed by atoms with van der Waals surface area (Å²) in [5, 5.41) is 10.3. The van der Waals surface area contributed by atoms with Crippen molar-refractivity contribution in [3.8, 4) is 0 Å². The fourth-order valence-corrected chi connectivity index (χ4v) is 4.47. The first-order valence-electron chi connectivity index (χ1n) is 5.20. The molecule has 2 aromatic rings. The Kier molecular flexibility index (Phi) is 4.84. The quantitative estimate of drug-likeness (QED) is 0.707. The number of halogens is 3. The molecule has 0 aliphatic carbocycles. The van der Waals surface area contributed by atoms with Gasteiger partial charge in [0, 0.05) is 9.85 Å². The number of hydrogen-bond donors (Lipinski definition) is 2. The van der Waals surface area contributed by atoms with Crippen LogP contribution in [0.25, 0.3) is 0 Å². The maximum absolute atomic E-state index is 12.2. The monoisotopic (exact) mass is 429 g/mol. The number of rotatable bonds is 4. The fourth-order valence-electron chi connectivity index (χ4n) is 1.37. The summed E-state index contributed by atoms with van der Waals surface area (Å²) in [6, 6.07) is 4.06. The molecule has 0 bridgehead atoms. The Morgan fingerprint density at radius 2 is 1.95 bits per heavy atom. The Bertz CT molecular complexity index is 820. The lowest BCUT2D eigenvalue weighted by Crippen LogP contribution is -2.12. The molecular formula is C11H6BrCl2NO4S2. The van der Waals surface area contributed by atoms with Crippen molar-refractivity contribution in [2.45, 2.75) is 4.21 Å². The Morgan fingerprint density at radius 1 is 1.29 bits per heavy atom. The van der Waals surface area contributed by atoms with Crippen molar-refractivity contribution in [1.29, 1.82) is 0 Å². The summed E-state index contributed by atoms with van der Waals surface area (Å²) in [6.07, 6.45) is 0. The van der Waals surface area contributed by atoms with E-state index in [1.54, 1.807) is 6.07 Å². The minimum atomic E-state index is -3.93. The van der Waals surface area contributed by atoms with E-state index in [4.69, 9.17) is 28.3 Å². The summed E-state index contributed by atoms with van der Waals surface area (Å²) in [7, 11) is -3.93. The molecule has 1 heterocycles. The molecule has 10 heteroatoms. The highest BCUT2D eigenvalue weighted by Gasteiger charge is 2.21. The second-order valence-electron chi connectivity index (χ2n) is 3.79. The number of aromatic carboxylic acids is 1. The van der Waals surface area contributed by atoms with Crippen LogP contribution in [0, 0.1) is 0 Å². The number of hydrogen-bond acceptors (Lipinski definition) is 4. The van der Waals surface area contributed by atoms with Gasteiger partial charge in [0.25, 0.3) is 10.0 Å². The predicted molar refractivity (Wildman–Crippen MR) is 86.2 cm³/mol. The van der Waals surface area contributed by atoms with Gasteiger partial charge >= 0.3 is 5.97 Å². The molecule has 0 saturated heterocycles. The van der Waals surface area contributed by atoms with Gasteiger partial charge in [0.2, 0.25) is 0 Å². The maximum Gasteiger partial charge on any atom is 0.336 e. The third-order valence-electron chi connectivity index (χ3n) is 2.37. The molecule has 0 spiro atoms. The summed E-state index contributed by atoms with van der Waals surface area (Å²) >= 11 is 15.9. The van der Waals surface area contributed by atoms with Gasteiger partial charge < -0.3 is 5.11 Å². The summed E-state index contributed by atoms with van der Waals surface area (Å²) in [5.41, 5.74) is 0.00968. The van der Waals surface area contributed by atoms with E-state index in [9.17, 15) is 13.2 Å². The molecule has 0 atom stereocenters. The molecule has 0 aliphatic heterocycles. The second kappa shape index (κ2) is 6.13. The molecule has 2 N–H and O–H groups in total. The zero-order valence-corrected chi connectivity index (χ0v) is 14.7. The van der Waals surface area contributed by atoms with E-state index in [0.717, 1.165) is 17.4 Å². The molecule has 5 nitrogen and oxygen atoms in total. The first-order valence-corrected chi connectivity index (χ1v) is 9.11. The molecule has 0 amide bonds. The molecule has 0 saturated carbocycles. The molecule has 0 unspecified atom stereocenters. The van der Waals surface area contributed by atoms with E-state index in [-0.39, 0.29) is 25.5 Å². The summed E-state index contributed by atoms with van der Waals surface area (Å²) in [5.74, 6) is -1.20. The van der Waals surface area contributed by atoms with Crippen LogP contribution in [0.1, 0.15) is 10.4 Å². The molecule has 112 valence electrons. The summed E-state index contributed by atoms with van der Waals surface area (Å²) < 4.78 is 27.0. The third kappa shape index (κ3) is 3.51. The van der Waals surface area contributed by atoms with E-state index in [1.807, 2.05) is 0 Å². The highest BCUT2D eigenvalue weighted by Crippen LogP contribution is 2.37. The number of nitrogens with one attached hydrogen (secondary N) is 1. The number of benzene rings is 1. The molecule has 0 radical (unpaired) electrons. The molecule has 0 aliphatic rings. The Labute approximate surface area is 142 Å². The highest BCUT2D eigenvalue weighted by atomic mass is 79.9. The lowest BCUT2D eigenvalue weighted by Gasteiger charge is -2.10. The Hall–Kier alpha value is -0.800. The van der Waals surface area contributed by atoms with Crippen LogP contribution >= 0.6 is 50.5 Å². The topological polar surface area (TPSA) is 83.5 Å². The lowest BCUT2D eigenvalue weighted by molar-refractivity contribution is 0.0697. The zero-order valence-electron chi connectivity index (χ0n) is 9.93. The van der Waals surface area contributed by atoms with Gasteiger partial charge in [0.15, 0.2) is 0 Å². The van der Waals surface area contributed by atoms with Gasteiger partial charge in [-0.3, -0.25) is 4.72 Å². The Balaban J connectivity index is 2.37. The van der Waals surface area contributed by atoms with E-state index < -0.39 is 16.0 Å². The molecule has 0 fully saturated rings. The molecule has 21 heavy (non-hydrogen) atoms. The smallest absolute Gasteiger partial charge is 0.336 e. The van der Waals surface area contributed by atoms with E-state index in [1.165, 1.54) is 11.4 Å². The van der Waals surface area contributed by atoms with Crippen molar-refractivity contribution >= 4 is 72.1 Å². The van der Waals surface area contributed by atoms with Crippen LogP contribution in [0.15, 0.2) is 32.3 Å². The molecule has 2 rings (SSSR count). The number of carbonyl (C=O) groups is 1. The first-order chi connectivity index (χ1) is 9.72. The van der Waals surface area contributed by atoms with Crippen molar-refractivity contribution in [1.82, 2.24) is 0 Å². The molecule has 1 aromatic heterocycles. The normalized spacial score (nSPS) is 11.4. The lowest BCUT2D eigenvalue weighted by atomic mass is 10.3. The summed E-state index contributed by atoms with van der Waals surface area (Å²) in [4.78, 5) is 10.8. The van der Waals surface area contributed by atoms with Crippen molar-refractivity contribution in [2.75, 3.05) is 4.72 Å². The van der Waals surface area contributed by atoms with Gasteiger partial charge in [-0.1, -0.05) is 23.2 Å². The number of anilines is 1. The van der Waals surface area contributed by atoms with Gasteiger partial charge in [-0.15, -0.1) is 11.3 Å². The van der Waals surface area contributed by atoms with Gasteiger partial charge in [-0.2, -0.15) is 0 Å². The number of carboxylic acids is 1. The maximum atomic E-state index is 12.2. The number of thiophene rings is 1. The first kappa shape index (κ1) is 16.6.